The molecule has 206 valence electrons. The molecule has 0 spiro atoms. The van der Waals surface area contributed by atoms with Gasteiger partial charge in [0.15, 0.2) is 0 Å². The number of hydrogen-bond acceptors (Lipinski definition) is 8. The topological polar surface area (TPSA) is 149 Å². The third-order valence-electron chi connectivity index (χ3n) is 6.44. The van der Waals surface area contributed by atoms with Gasteiger partial charge in [-0.25, -0.2) is 14.4 Å². The first-order valence-corrected chi connectivity index (χ1v) is 13.3. The molecule has 3 unspecified atom stereocenters. The quantitative estimate of drug-likeness (QED) is 0.0609. The highest BCUT2D eigenvalue weighted by molar-refractivity contribution is 5.81. The third-order valence-corrected chi connectivity index (χ3v) is 6.44. The summed E-state index contributed by atoms with van der Waals surface area (Å²) in [6.07, 6.45) is 9.32. The third kappa shape index (κ3) is 14.0. The van der Waals surface area contributed by atoms with Gasteiger partial charge in [-0.2, -0.15) is 0 Å². The van der Waals surface area contributed by atoms with E-state index in [1.165, 1.54) is 13.5 Å². The largest absolute Gasteiger partial charge is 0.508 e. The number of nitrogens with zero attached hydrogens (tertiary/aromatic N) is 3. The van der Waals surface area contributed by atoms with Crippen LogP contribution in [0.1, 0.15) is 97.3 Å². The molecule has 1 fully saturated rings. The van der Waals surface area contributed by atoms with E-state index >= 15 is 0 Å². The standard InChI is InChI=1S/C25H44N4O7/c1-4-34-25(32)36-22(20-13-9-8-10-14-20)17-16-19(2)35-24(31)28-21(23(30)33-3)15-11-6-5-7-12-18-27-29-26/h19-22H,4-18H2,1-3H3,(H,28,31). The molecule has 1 aliphatic carbocycles. The Balaban J connectivity index is 2.46. The van der Waals surface area contributed by atoms with Crippen molar-refractivity contribution in [2.24, 2.45) is 11.0 Å². The molecule has 11 nitrogen and oxygen atoms in total. The summed E-state index contributed by atoms with van der Waals surface area (Å²) in [7, 11) is 1.29. The van der Waals surface area contributed by atoms with Crippen LogP contribution in [-0.2, 0) is 23.7 Å². The van der Waals surface area contributed by atoms with Gasteiger partial charge in [0.1, 0.15) is 18.2 Å². The molecular weight excluding hydrogens is 468 g/mol. The Morgan fingerprint density at radius 2 is 1.69 bits per heavy atom. The minimum absolute atomic E-state index is 0.259. The molecule has 0 aromatic heterocycles. The molecule has 1 aliphatic rings. The monoisotopic (exact) mass is 512 g/mol. The molecule has 0 aromatic carbocycles. The van der Waals surface area contributed by atoms with E-state index in [-0.39, 0.29) is 18.6 Å². The van der Waals surface area contributed by atoms with Crippen LogP contribution < -0.4 is 5.32 Å². The smallest absolute Gasteiger partial charge is 0.467 e. The van der Waals surface area contributed by atoms with Gasteiger partial charge < -0.3 is 24.3 Å². The Labute approximate surface area is 214 Å². The number of carbonyl (C=O) groups is 3. The number of unbranched alkanes of at least 4 members (excludes halogenated alkanes) is 4. The first kappa shape index (κ1) is 31.4. The van der Waals surface area contributed by atoms with Crippen molar-refractivity contribution in [1.82, 2.24) is 5.32 Å². The van der Waals surface area contributed by atoms with Crippen LogP contribution in [0, 0.1) is 5.92 Å². The first-order chi connectivity index (χ1) is 17.4. The maximum Gasteiger partial charge on any atom is 0.508 e. The predicted octanol–water partition coefficient (Wildman–Crippen LogP) is 6.20. The molecule has 3 atom stereocenters. The van der Waals surface area contributed by atoms with Crippen molar-refractivity contribution in [3.63, 3.8) is 0 Å². The molecule has 0 bridgehead atoms. The van der Waals surface area contributed by atoms with Gasteiger partial charge in [-0.05, 0) is 63.8 Å². The number of rotatable bonds is 17. The SMILES string of the molecule is CCOC(=O)OC(CCC(C)OC(=O)NC(CCCCCCCN=[N+]=[N-])C(=O)OC)C1CCCCC1. The summed E-state index contributed by atoms with van der Waals surface area (Å²) >= 11 is 0. The number of alkyl carbamates (subject to hydrolysis) is 1. The van der Waals surface area contributed by atoms with Crippen LogP contribution >= 0.6 is 0 Å². The lowest BCUT2D eigenvalue weighted by atomic mass is 9.83. The fraction of sp³-hybridized carbons (Fsp3) is 0.880. The fourth-order valence-electron chi connectivity index (χ4n) is 4.49. The number of nitrogens with one attached hydrogen (secondary N) is 1. The summed E-state index contributed by atoms with van der Waals surface area (Å²) in [6.45, 7) is 4.27. The predicted molar refractivity (Wildman–Crippen MR) is 134 cm³/mol. The zero-order chi connectivity index (χ0) is 26.6. The number of amides is 1. The summed E-state index contributed by atoms with van der Waals surface area (Å²) in [5.41, 5.74) is 8.27. The molecule has 0 radical (unpaired) electrons. The van der Waals surface area contributed by atoms with Crippen LogP contribution in [0.25, 0.3) is 10.4 Å². The van der Waals surface area contributed by atoms with Crippen molar-refractivity contribution in [2.75, 3.05) is 20.3 Å². The van der Waals surface area contributed by atoms with Crippen LogP contribution in [0.3, 0.4) is 0 Å². The summed E-state index contributed by atoms with van der Waals surface area (Å²) in [6, 6.07) is -0.778. The van der Waals surface area contributed by atoms with Crippen molar-refractivity contribution in [3.05, 3.63) is 10.4 Å². The van der Waals surface area contributed by atoms with Gasteiger partial charge in [-0.3, -0.25) is 0 Å². The van der Waals surface area contributed by atoms with E-state index < -0.39 is 30.4 Å². The van der Waals surface area contributed by atoms with Gasteiger partial charge in [0.05, 0.1) is 13.7 Å². The van der Waals surface area contributed by atoms with Gasteiger partial charge in [-0.15, -0.1) is 0 Å². The second kappa shape index (κ2) is 19.5. The summed E-state index contributed by atoms with van der Waals surface area (Å²) < 4.78 is 20.9. The maximum atomic E-state index is 12.4. The molecular formula is C25H44N4O7. The molecule has 36 heavy (non-hydrogen) atoms. The normalized spacial score (nSPS) is 16.1. The highest BCUT2D eigenvalue weighted by Crippen LogP contribution is 2.30. The van der Waals surface area contributed by atoms with E-state index in [1.807, 2.05) is 0 Å². The second-order valence-electron chi connectivity index (χ2n) is 9.26. The minimum Gasteiger partial charge on any atom is -0.467 e. The lowest BCUT2D eigenvalue weighted by Crippen LogP contribution is -2.42. The van der Waals surface area contributed by atoms with Crippen LogP contribution in [-0.4, -0.2) is 56.7 Å². The van der Waals surface area contributed by atoms with E-state index in [1.54, 1.807) is 13.8 Å². The minimum atomic E-state index is -0.778. The lowest BCUT2D eigenvalue weighted by molar-refractivity contribution is -0.143. The Bertz CT molecular complexity index is 694. The average Bonchev–Trinajstić information content (AvgIpc) is 2.87. The lowest BCUT2D eigenvalue weighted by Gasteiger charge is -2.30. The molecule has 0 heterocycles. The van der Waals surface area contributed by atoms with Gasteiger partial charge in [0.2, 0.25) is 0 Å². The Hall–Kier alpha value is -2.68. The molecule has 0 aromatic rings. The molecule has 1 saturated carbocycles. The molecule has 1 rings (SSSR count). The number of azide groups is 1. The van der Waals surface area contributed by atoms with E-state index in [2.05, 4.69) is 15.3 Å². The molecule has 1 amide bonds. The van der Waals surface area contributed by atoms with Gasteiger partial charge in [0, 0.05) is 11.5 Å². The zero-order valence-electron chi connectivity index (χ0n) is 22.1. The maximum absolute atomic E-state index is 12.4. The Morgan fingerprint density at radius 3 is 2.36 bits per heavy atom. The number of esters is 1. The highest BCUT2D eigenvalue weighted by atomic mass is 16.7. The number of hydrogen-bond donors (Lipinski definition) is 1. The van der Waals surface area contributed by atoms with Crippen LogP contribution in [0.2, 0.25) is 0 Å². The van der Waals surface area contributed by atoms with Crippen molar-refractivity contribution in [3.8, 4) is 0 Å². The average molecular weight is 513 g/mol. The summed E-state index contributed by atoms with van der Waals surface area (Å²) in [4.78, 5) is 39.2. The Kier molecular flexibility index (Phi) is 17.0. The fourth-order valence-corrected chi connectivity index (χ4v) is 4.49. The van der Waals surface area contributed by atoms with Gasteiger partial charge in [-0.1, -0.05) is 50.1 Å². The van der Waals surface area contributed by atoms with Crippen LogP contribution in [0.4, 0.5) is 9.59 Å². The van der Waals surface area contributed by atoms with Crippen molar-refractivity contribution in [1.29, 1.82) is 0 Å². The first-order valence-electron chi connectivity index (χ1n) is 13.3. The molecule has 1 N–H and O–H groups in total. The van der Waals surface area contributed by atoms with Crippen molar-refractivity contribution >= 4 is 18.2 Å². The van der Waals surface area contributed by atoms with Gasteiger partial charge in [0.25, 0.3) is 0 Å². The summed E-state index contributed by atoms with van der Waals surface area (Å²) in [5.74, 6) is -0.227. The van der Waals surface area contributed by atoms with E-state index in [0.717, 1.165) is 57.8 Å². The van der Waals surface area contributed by atoms with E-state index in [4.69, 9.17) is 24.5 Å². The van der Waals surface area contributed by atoms with Gasteiger partial charge >= 0.3 is 18.2 Å². The number of methoxy groups -OCH3 is 1. The molecule has 0 aliphatic heterocycles. The van der Waals surface area contributed by atoms with Crippen molar-refractivity contribution < 1.29 is 33.3 Å². The van der Waals surface area contributed by atoms with Crippen molar-refractivity contribution in [2.45, 2.75) is 116 Å². The summed E-state index contributed by atoms with van der Waals surface area (Å²) in [5, 5.41) is 6.13. The molecule has 0 saturated heterocycles. The Morgan fingerprint density at radius 1 is 1.00 bits per heavy atom. The van der Waals surface area contributed by atoms with E-state index in [0.29, 0.717) is 25.8 Å². The second-order valence-corrected chi connectivity index (χ2v) is 9.26. The number of ether oxygens (including phenoxy) is 4. The van der Waals surface area contributed by atoms with Crippen LogP contribution in [0.15, 0.2) is 5.11 Å². The van der Waals surface area contributed by atoms with Crippen LogP contribution in [0.5, 0.6) is 0 Å². The van der Waals surface area contributed by atoms with E-state index in [9.17, 15) is 14.4 Å². The highest BCUT2D eigenvalue weighted by Gasteiger charge is 2.29. The molecule has 11 heteroatoms. The number of carbonyl (C=O) groups excluding carboxylic acids is 3. The zero-order valence-corrected chi connectivity index (χ0v) is 22.1.